The van der Waals surface area contributed by atoms with Gasteiger partial charge in [0.1, 0.15) is 11.5 Å². The zero-order chi connectivity index (χ0) is 15.9. The minimum absolute atomic E-state index is 0.167. The van der Waals surface area contributed by atoms with Crippen molar-refractivity contribution in [1.29, 1.82) is 0 Å². The number of hydrogen-bond acceptors (Lipinski definition) is 5. The van der Waals surface area contributed by atoms with E-state index in [9.17, 15) is 5.11 Å². The van der Waals surface area contributed by atoms with Crippen molar-refractivity contribution in [3.63, 3.8) is 0 Å². The van der Waals surface area contributed by atoms with Crippen LogP contribution < -0.4 is 19.5 Å². The Balaban J connectivity index is 2.02. The molecule has 0 fully saturated rings. The number of hydrogen-bond donors (Lipinski definition) is 2. The highest BCUT2D eigenvalue weighted by Gasteiger charge is 2.07. The molecule has 0 unspecified atom stereocenters. The molecule has 2 rings (SSSR count). The molecule has 118 valence electrons. The standard InChI is InChI=1S/C17H21NO4/c1-20-14-7-12(8-15(9-14)21-2)10-18-11-13-5-4-6-16(22-3)17(13)19/h4-9,18-19H,10-11H2,1-3H3. The van der Waals surface area contributed by atoms with E-state index in [-0.39, 0.29) is 5.75 Å². The van der Waals surface area contributed by atoms with Crippen LogP contribution in [0.1, 0.15) is 11.1 Å². The third kappa shape index (κ3) is 3.83. The highest BCUT2D eigenvalue weighted by Crippen LogP contribution is 2.29. The first kappa shape index (κ1) is 16.0. The molecule has 5 nitrogen and oxygen atoms in total. The zero-order valence-electron chi connectivity index (χ0n) is 13.1. The van der Waals surface area contributed by atoms with Gasteiger partial charge >= 0.3 is 0 Å². The van der Waals surface area contributed by atoms with Crippen molar-refractivity contribution in [3.05, 3.63) is 47.5 Å². The van der Waals surface area contributed by atoms with Crippen molar-refractivity contribution in [2.75, 3.05) is 21.3 Å². The van der Waals surface area contributed by atoms with Crippen LogP contribution in [0, 0.1) is 0 Å². The molecular formula is C17H21NO4. The minimum atomic E-state index is 0.167. The van der Waals surface area contributed by atoms with Crippen molar-refractivity contribution in [2.24, 2.45) is 0 Å². The molecule has 0 bridgehead atoms. The molecule has 2 aromatic rings. The van der Waals surface area contributed by atoms with Gasteiger partial charge in [0.25, 0.3) is 0 Å². The number of phenols is 1. The van der Waals surface area contributed by atoms with E-state index in [0.29, 0.717) is 18.8 Å². The molecular weight excluding hydrogens is 282 g/mol. The van der Waals surface area contributed by atoms with Gasteiger partial charge in [0.15, 0.2) is 11.5 Å². The zero-order valence-corrected chi connectivity index (χ0v) is 13.1. The number of para-hydroxylation sites is 1. The number of methoxy groups -OCH3 is 3. The molecule has 2 aromatic carbocycles. The van der Waals surface area contributed by atoms with Gasteiger partial charge in [0.05, 0.1) is 21.3 Å². The summed E-state index contributed by atoms with van der Waals surface area (Å²) in [5, 5.41) is 13.3. The summed E-state index contributed by atoms with van der Waals surface area (Å²) >= 11 is 0. The monoisotopic (exact) mass is 303 g/mol. The molecule has 0 aliphatic carbocycles. The quantitative estimate of drug-likeness (QED) is 0.823. The van der Waals surface area contributed by atoms with Crippen molar-refractivity contribution < 1.29 is 19.3 Å². The lowest BCUT2D eigenvalue weighted by Gasteiger charge is -2.11. The fourth-order valence-corrected chi connectivity index (χ4v) is 2.19. The molecule has 0 saturated heterocycles. The lowest BCUT2D eigenvalue weighted by Crippen LogP contribution is -2.13. The largest absolute Gasteiger partial charge is 0.504 e. The molecule has 0 aliphatic rings. The maximum absolute atomic E-state index is 10.0. The van der Waals surface area contributed by atoms with Crippen LogP contribution in [0.2, 0.25) is 0 Å². The maximum atomic E-state index is 10.0. The predicted octanol–water partition coefficient (Wildman–Crippen LogP) is 2.71. The van der Waals surface area contributed by atoms with Gasteiger partial charge in [0, 0.05) is 24.7 Å². The normalized spacial score (nSPS) is 10.3. The molecule has 0 saturated carbocycles. The third-order valence-electron chi connectivity index (χ3n) is 3.36. The van der Waals surface area contributed by atoms with Crippen LogP contribution in [0.15, 0.2) is 36.4 Å². The predicted molar refractivity (Wildman–Crippen MR) is 84.7 cm³/mol. The second-order valence-electron chi connectivity index (χ2n) is 4.79. The Morgan fingerprint density at radius 2 is 1.59 bits per heavy atom. The molecule has 2 N–H and O–H groups in total. The number of phenolic OH excluding ortho intramolecular Hbond substituents is 1. The van der Waals surface area contributed by atoms with Gasteiger partial charge in [-0.25, -0.2) is 0 Å². The summed E-state index contributed by atoms with van der Waals surface area (Å²) in [7, 11) is 4.79. The highest BCUT2D eigenvalue weighted by atomic mass is 16.5. The SMILES string of the molecule is COc1cc(CNCc2cccc(OC)c2O)cc(OC)c1. The molecule has 0 aromatic heterocycles. The number of ether oxygens (including phenoxy) is 3. The van der Waals surface area contributed by atoms with E-state index in [4.69, 9.17) is 14.2 Å². The van der Waals surface area contributed by atoms with Crippen LogP contribution in [0.5, 0.6) is 23.0 Å². The molecule has 0 spiro atoms. The molecule has 0 heterocycles. The van der Waals surface area contributed by atoms with E-state index in [1.165, 1.54) is 7.11 Å². The van der Waals surface area contributed by atoms with Gasteiger partial charge < -0.3 is 24.6 Å². The topological polar surface area (TPSA) is 60.0 Å². The summed E-state index contributed by atoms with van der Waals surface area (Å²) in [4.78, 5) is 0. The number of rotatable bonds is 7. The number of aromatic hydroxyl groups is 1. The van der Waals surface area contributed by atoms with Gasteiger partial charge in [-0.2, -0.15) is 0 Å². The smallest absolute Gasteiger partial charge is 0.162 e. The first-order valence-corrected chi connectivity index (χ1v) is 6.95. The van der Waals surface area contributed by atoms with Crippen molar-refractivity contribution in [1.82, 2.24) is 5.32 Å². The maximum Gasteiger partial charge on any atom is 0.162 e. The Kier molecular flexibility index (Phi) is 5.49. The molecule has 22 heavy (non-hydrogen) atoms. The van der Waals surface area contributed by atoms with Gasteiger partial charge in [-0.15, -0.1) is 0 Å². The van der Waals surface area contributed by atoms with Gasteiger partial charge in [-0.05, 0) is 23.8 Å². The second kappa shape index (κ2) is 7.56. The lowest BCUT2D eigenvalue weighted by molar-refractivity contribution is 0.369. The van der Waals surface area contributed by atoms with Crippen LogP contribution in [0.3, 0.4) is 0 Å². The Labute approximate surface area is 130 Å². The first-order chi connectivity index (χ1) is 10.7. The third-order valence-corrected chi connectivity index (χ3v) is 3.36. The van der Waals surface area contributed by atoms with Crippen LogP contribution in [0.25, 0.3) is 0 Å². The average molecular weight is 303 g/mol. The Morgan fingerprint density at radius 1 is 0.909 bits per heavy atom. The van der Waals surface area contributed by atoms with Crippen LogP contribution in [-0.2, 0) is 13.1 Å². The molecule has 5 heteroatoms. The van der Waals surface area contributed by atoms with Crippen LogP contribution in [0.4, 0.5) is 0 Å². The van der Waals surface area contributed by atoms with Gasteiger partial charge in [-0.3, -0.25) is 0 Å². The minimum Gasteiger partial charge on any atom is -0.504 e. The molecule has 0 radical (unpaired) electrons. The van der Waals surface area contributed by atoms with Gasteiger partial charge in [0.2, 0.25) is 0 Å². The summed E-state index contributed by atoms with van der Waals surface area (Å²) in [6, 6.07) is 11.2. The first-order valence-electron chi connectivity index (χ1n) is 6.95. The molecule has 0 atom stereocenters. The molecule has 0 aliphatic heterocycles. The van der Waals surface area contributed by atoms with E-state index < -0.39 is 0 Å². The Hall–Kier alpha value is -2.40. The number of nitrogens with one attached hydrogen (secondary N) is 1. The van der Waals surface area contributed by atoms with E-state index in [1.54, 1.807) is 20.3 Å². The van der Waals surface area contributed by atoms with Crippen LogP contribution in [-0.4, -0.2) is 26.4 Å². The summed E-state index contributed by atoms with van der Waals surface area (Å²) < 4.78 is 15.6. The fourth-order valence-electron chi connectivity index (χ4n) is 2.19. The Morgan fingerprint density at radius 3 is 2.18 bits per heavy atom. The summed E-state index contributed by atoms with van der Waals surface area (Å²) in [6.07, 6.45) is 0. The van der Waals surface area contributed by atoms with Crippen molar-refractivity contribution in [3.8, 4) is 23.0 Å². The summed E-state index contributed by atoms with van der Waals surface area (Å²) in [5.74, 6) is 2.14. The molecule has 0 amide bonds. The van der Waals surface area contributed by atoms with Crippen molar-refractivity contribution >= 4 is 0 Å². The van der Waals surface area contributed by atoms with E-state index in [2.05, 4.69) is 5.32 Å². The summed E-state index contributed by atoms with van der Waals surface area (Å²) in [5.41, 5.74) is 1.83. The fraction of sp³-hybridized carbons (Fsp3) is 0.294. The van der Waals surface area contributed by atoms with E-state index in [0.717, 1.165) is 22.6 Å². The second-order valence-corrected chi connectivity index (χ2v) is 4.79. The van der Waals surface area contributed by atoms with E-state index in [1.807, 2.05) is 30.3 Å². The average Bonchev–Trinajstić information content (AvgIpc) is 2.56. The summed E-state index contributed by atoms with van der Waals surface area (Å²) in [6.45, 7) is 1.16. The number of benzene rings is 2. The van der Waals surface area contributed by atoms with Gasteiger partial charge in [-0.1, -0.05) is 12.1 Å². The Bertz CT molecular complexity index is 606. The lowest BCUT2D eigenvalue weighted by atomic mass is 10.1. The van der Waals surface area contributed by atoms with Crippen molar-refractivity contribution in [2.45, 2.75) is 13.1 Å². The van der Waals surface area contributed by atoms with Crippen LogP contribution >= 0.6 is 0 Å². The van der Waals surface area contributed by atoms with E-state index >= 15 is 0 Å². The highest BCUT2D eigenvalue weighted by molar-refractivity contribution is 5.45.